The van der Waals surface area contributed by atoms with Gasteiger partial charge in [0.2, 0.25) is 0 Å². The van der Waals surface area contributed by atoms with Gasteiger partial charge in [0.05, 0.1) is 24.0 Å². The van der Waals surface area contributed by atoms with E-state index in [2.05, 4.69) is 0 Å². The summed E-state index contributed by atoms with van der Waals surface area (Å²) in [4.78, 5) is 13.2. The Balaban J connectivity index is 3.01. The summed E-state index contributed by atoms with van der Waals surface area (Å²) in [6.45, 7) is -2.39. The highest BCUT2D eigenvalue weighted by Crippen LogP contribution is 2.25. The quantitative estimate of drug-likeness (QED) is 0.818. The van der Waals surface area contributed by atoms with Gasteiger partial charge < -0.3 is 10.0 Å². The smallest absolute Gasteiger partial charge is 0.395 e. The van der Waals surface area contributed by atoms with Crippen LogP contribution in [-0.4, -0.2) is 47.5 Å². The van der Waals surface area contributed by atoms with Crippen molar-refractivity contribution in [3.05, 3.63) is 29.8 Å². The summed E-state index contributed by atoms with van der Waals surface area (Å²) < 4.78 is 37.5. The largest absolute Gasteiger partial charge is 0.406 e. The van der Waals surface area contributed by atoms with Crippen molar-refractivity contribution in [2.45, 2.75) is 11.1 Å². The molecule has 0 aliphatic heterocycles. The van der Waals surface area contributed by atoms with Crippen LogP contribution in [0.15, 0.2) is 29.2 Å². The van der Waals surface area contributed by atoms with E-state index in [0.29, 0.717) is 9.80 Å². The van der Waals surface area contributed by atoms with Crippen LogP contribution in [0.5, 0.6) is 0 Å². The summed E-state index contributed by atoms with van der Waals surface area (Å²) in [5.74, 6) is -0.730. The second-order valence-corrected chi connectivity index (χ2v) is 5.03. The number of aliphatic hydroxyl groups excluding tert-OH is 1. The number of nitriles is 1. The van der Waals surface area contributed by atoms with E-state index >= 15 is 0 Å². The fraction of sp³-hybridized carbons (Fsp3) is 0.385. The lowest BCUT2D eigenvalue weighted by atomic mass is 10.2. The third-order valence-electron chi connectivity index (χ3n) is 2.44. The zero-order chi connectivity index (χ0) is 15.9. The average Bonchev–Trinajstić information content (AvgIpc) is 2.43. The van der Waals surface area contributed by atoms with Crippen molar-refractivity contribution in [2.24, 2.45) is 0 Å². The Labute approximate surface area is 124 Å². The standard InChI is InChI=1S/C13H13F3N2O2S/c14-13(15,16)9-18(6-7-19)12(20)10-3-1-2-4-11(10)21-8-5-17/h1-4,19H,6-9H2. The molecule has 1 rings (SSSR count). The molecule has 0 saturated carbocycles. The van der Waals surface area contributed by atoms with E-state index in [0.717, 1.165) is 11.8 Å². The van der Waals surface area contributed by atoms with Crippen LogP contribution in [0.1, 0.15) is 10.4 Å². The molecular weight excluding hydrogens is 305 g/mol. The fourth-order valence-electron chi connectivity index (χ4n) is 1.64. The molecule has 0 saturated heterocycles. The molecule has 0 atom stereocenters. The number of benzene rings is 1. The number of hydrogen-bond donors (Lipinski definition) is 1. The first-order valence-corrected chi connectivity index (χ1v) is 6.93. The van der Waals surface area contributed by atoms with E-state index in [4.69, 9.17) is 10.4 Å². The van der Waals surface area contributed by atoms with Crippen molar-refractivity contribution in [3.8, 4) is 6.07 Å². The first-order chi connectivity index (χ1) is 9.89. The normalized spacial score (nSPS) is 11.0. The molecule has 0 radical (unpaired) electrons. The molecular formula is C13H13F3N2O2S. The van der Waals surface area contributed by atoms with Crippen LogP contribution in [0.25, 0.3) is 0 Å². The number of rotatable bonds is 6. The molecule has 1 amide bonds. The molecule has 1 N–H and O–H groups in total. The van der Waals surface area contributed by atoms with Crippen molar-refractivity contribution in [1.29, 1.82) is 5.26 Å². The molecule has 0 heterocycles. The van der Waals surface area contributed by atoms with Gasteiger partial charge in [0.25, 0.3) is 5.91 Å². The minimum absolute atomic E-state index is 0.0869. The number of nitrogens with zero attached hydrogens (tertiary/aromatic N) is 2. The maximum absolute atomic E-state index is 12.5. The highest BCUT2D eigenvalue weighted by atomic mass is 32.2. The Morgan fingerprint density at radius 3 is 2.62 bits per heavy atom. The van der Waals surface area contributed by atoms with Crippen molar-refractivity contribution < 1.29 is 23.1 Å². The van der Waals surface area contributed by atoms with E-state index < -0.39 is 31.8 Å². The van der Waals surface area contributed by atoms with E-state index in [9.17, 15) is 18.0 Å². The molecule has 21 heavy (non-hydrogen) atoms. The SMILES string of the molecule is N#CCSc1ccccc1C(=O)N(CCO)CC(F)(F)F. The summed E-state index contributed by atoms with van der Waals surface area (Å²) in [5, 5.41) is 17.4. The van der Waals surface area contributed by atoms with Crippen LogP contribution >= 0.6 is 11.8 Å². The van der Waals surface area contributed by atoms with E-state index in [-0.39, 0.29) is 11.3 Å². The molecule has 8 heteroatoms. The zero-order valence-electron chi connectivity index (χ0n) is 10.9. The molecule has 0 aliphatic rings. The molecule has 0 aromatic heterocycles. The number of aliphatic hydroxyl groups is 1. The maximum Gasteiger partial charge on any atom is 0.406 e. The van der Waals surface area contributed by atoms with Gasteiger partial charge in [0, 0.05) is 11.4 Å². The van der Waals surface area contributed by atoms with Crippen molar-refractivity contribution >= 4 is 17.7 Å². The first-order valence-electron chi connectivity index (χ1n) is 5.94. The van der Waals surface area contributed by atoms with Crippen molar-refractivity contribution in [1.82, 2.24) is 4.90 Å². The Morgan fingerprint density at radius 2 is 2.05 bits per heavy atom. The van der Waals surface area contributed by atoms with E-state index in [1.165, 1.54) is 12.1 Å². The van der Waals surface area contributed by atoms with Crippen LogP contribution in [0.2, 0.25) is 0 Å². The van der Waals surface area contributed by atoms with Gasteiger partial charge in [-0.2, -0.15) is 18.4 Å². The maximum atomic E-state index is 12.5. The number of hydrogen-bond acceptors (Lipinski definition) is 4. The molecule has 4 nitrogen and oxygen atoms in total. The molecule has 0 aliphatic carbocycles. The summed E-state index contributed by atoms with van der Waals surface area (Å²) in [6.07, 6.45) is -4.54. The molecule has 0 spiro atoms. The highest BCUT2D eigenvalue weighted by molar-refractivity contribution is 7.99. The predicted octanol–water partition coefficient (Wildman–Crippen LogP) is 2.30. The lowest BCUT2D eigenvalue weighted by molar-refractivity contribution is -0.141. The van der Waals surface area contributed by atoms with Gasteiger partial charge in [0.1, 0.15) is 6.54 Å². The lowest BCUT2D eigenvalue weighted by Gasteiger charge is -2.24. The monoisotopic (exact) mass is 318 g/mol. The summed E-state index contributed by atoms with van der Waals surface area (Å²) in [5.41, 5.74) is 0.0930. The van der Waals surface area contributed by atoms with Crippen LogP contribution in [0, 0.1) is 11.3 Å². The number of amides is 1. The van der Waals surface area contributed by atoms with Gasteiger partial charge >= 0.3 is 6.18 Å². The third-order valence-corrected chi connectivity index (χ3v) is 3.38. The van der Waals surface area contributed by atoms with Gasteiger partial charge in [0.15, 0.2) is 0 Å². The zero-order valence-corrected chi connectivity index (χ0v) is 11.7. The average molecular weight is 318 g/mol. The number of carbonyl (C=O) groups excluding carboxylic acids is 1. The van der Waals surface area contributed by atoms with Gasteiger partial charge in [-0.1, -0.05) is 12.1 Å². The Hall–Kier alpha value is -1.72. The van der Waals surface area contributed by atoms with Crippen LogP contribution in [0.3, 0.4) is 0 Å². The summed E-state index contributed by atoms with van der Waals surface area (Å²) in [7, 11) is 0. The molecule has 1 aromatic carbocycles. The second kappa shape index (κ2) is 7.90. The molecule has 1 aromatic rings. The Kier molecular flexibility index (Phi) is 6.52. The highest BCUT2D eigenvalue weighted by Gasteiger charge is 2.33. The molecule has 0 bridgehead atoms. The van der Waals surface area contributed by atoms with Crippen LogP contribution in [-0.2, 0) is 0 Å². The summed E-state index contributed by atoms with van der Waals surface area (Å²) in [6, 6.07) is 8.04. The van der Waals surface area contributed by atoms with E-state index in [1.54, 1.807) is 12.1 Å². The van der Waals surface area contributed by atoms with Crippen molar-refractivity contribution in [3.63, 3.8) is 0 Å². The van der Waals surface area contributed by atoms with Crippen molar-refractivity contribution in [2.75, 3.05) is 25.4 Å². The third kappa shape index (κ3) is 5.65. The second-order valence-electron chi connectivity index (χ2n) is 4.01. The number of carbonyl (C=O) groups is 1. The summed E-state index contributed by atoms with van der Waals surface area (Å²) >= 11 is 1.08. The minimum Gasteiger partial charge on any atom is -0.395 e. The number of thioether (sulfide) groups is 1. The van der Waals surface area contributed by atoms with Gasteiger partial charge in [-0.25, -0.2) is 0 Å². The first kappa shape index (κ1) is 17.3. The molecule has 114 valence electrons. The fourth-order valence-corrected chi connectivity index (χ4v) is 2.34. The van der Waals surface area contributed by atoms with Gasteiger partial charge in [-0.3, -0.25) is 4.79 Å². The Morgan fingerprint density at radius 1 is 1.38 bits per heavy atom. The van der Waals surface area contributed by atoms with Gasteiger partial charge in [-0.15, -0.1) is 11.8 Å². The Bertz CT molecular complexity index is 529. The molecule has 0 fully saturated rings. The lowest BCUT2D eigenvalue weighted by Crippen LogP contribution is -2.40. The number of alkyl halides is 3. The molecule has 0 unspecified atom stereocenters. The minimum atomic E-state index is -4.54. The predicted molar refractivity (Wildman–Crippen MR) is 71.8 cm³/mol. The number of halogens is 3. The van der Waals surface area contributed by atoms with Crippen LogP contribution < -0.4 is 0 Å². The topological polar surface area (TPSA) is 64.3 Å². The van der Waals surface area contributed by atoms with E-state index in [1.807, 2.05) is 6.07 Å². The van der Waals surface area contributed by atoms with Gasteiger partial charge in [-0.05, 0) is 12.1 Å². The van der Waals surface area contributed by atoms with Crippen LogP contribution in [0.4, 0.5) is 13.2 Å².